The van der Waals surface area contributed by atoms with Gasteiger partial charge in [-0.15, -0.1) is 12.4 Å². The largest absolute Gasteiger partial charge is 0.344 e. The second-order valence-electron chi connectivity index (χ2n) is 6.60. The van der Waals surface area contributed by atoms with E-state index in [1.165, 1.54) is 0 Å². The molecule has 1 aromatic rings. The standard InChI is InChI=1S/C16H25N5O2.ClH/c1-20-10-12(9-18-20)21-7-3-6-14(16(21)23)19-15(22)13-5-2-4-11(13)8-17;/h9-11,13-14H,2-8,17H2,1H3,(H,19,22);1H/t11-,13-,14?;/m1./s1. The van der Waals surface area contributed by atoms with Gasteiger partial charge in [-0.1, -0.05) is 6.42 Å². The van der Waals surface area contributed by atoms with Gasteiger partial charge in [0.05, 0.1) is 11.9 Å². The summed E-state index contributed by atoms with van der Waals surface area (Å²) in [6.45, 7) is 1.21. The van der Waals surface area contributed by atoms with Gasteiger partial charge in [-0.3, -0.25) is 14.3 Å². The van der Waals surface area contributed by atoms with Crippen molar-refractivity contribution in [1.29, 1.82) is 0 Å². The maximum atomic E-state index is 12.7. The second kappa shape index (κ2) is 7.98. The van der Waals surface area contributed by atoms with Gasteiger partial charge >= 0.3 is 0 Å². The molecule has 2 aliphatic rings. The highest BCUT2D eigenvalue weighted by Gasteiger charge is 2.36. The van der Waals surface area contributed by atoms with Gasteiger partial charge in [-0.2, -0.15) is 5.10 Å². The Morgan fingerprint density at radius 1 is 1.38 bits per heavy atom. The van der Waals surface area contributed by atoms with Gasteiger partial charge in [0.15, 0.2) is 0 Å². The average molecular weight is 356 g/mol. The van der Waals surface area contributed by atoms with Crippen LogP contribution < -0.4 is 16.0 Å². The molecule has 2 amide bonds. The van der Waals surface area contributed by atoms with Crippen molar-refractivity contribution in [1.82, 2.24) is 15.1 Å². The van der Waals surface area contributed by atoms with E-state index in [4.69, 9.17) is 5.73 Å². The van der Waals surface area contributed by atoms with E-state index in [9.17, 15) is 9.59 Å². The first-order valence-corrected chi connectivity index (χ1v) is 8.40. The number of aromatic nitrogens is 2. The monoisotopic (exact) mass is 355 g/mol. The van der Waals surface area contributed by atoms with Crippen LogP contribution in [0.15, 0.2) is 12.4 Å². The summed E-state index contributed by atoms with van der Waals surface area (Å²) in [5.41, 5.74) is 6.55. The Balaban J connectivity index is 0.00000208. The molecule has 0 bridgehead atoms. The van der Waals surface area contributed by atoms with Gasteiger partial charge in [0.2, 0.25) is 11.8 Å². The normalized spacial score (nSPS) is 27.0. The second-order valence-corrected chi connectivity index (χ2v) is 6.60. The van der Waals surface area contributed by atoms with Crippen LogP contribution in [0.5, 0.6) is 0 Å². The van der Waals surface area contributed by atoms with Crippen molar-refractivity contribution in [3.8, 4) is 0 Å². The van der Waals surface area contributed by atoms with Crippen LogP contribution in [0, 0.1) is 11.8 Å². The van der Waals surface area contributed by atoms with Crippen LogP contribution >= 0.6 is 12.4 Å². The van der Waals surface area contributed by atoms with Crippen LogP contribution in [0.2, 0.25) is 0 Å². The molecule has 8 heteroatoms. The number of nitrogens with one attached hydrogen (secondary N) is 1. The van der Waals surface area contributed by atoms with E-state index in [0.29, 0.717) is 19.5 Å². The summed E-state index contributed by atoms with van der Waals surface area (Å²) in [6, 6.07) is -0.435. The molecule has 7 nitrogen and oxygen atoms in total. The molecule has 1 unspecified atom stereocenters. The van der Waals surface area contributed by atoms with Crippen LogP contribution in [-0.4, -0.2) is 40.7 Å². The fraction of sp³-hybridized carbons (Fsp3) is 0.688. The van der Waals surface area contributed by atoms with Gasteiger partial charge in [0.1, 0.15) is 6.04 Å². The highest BCUT2D eigenvalue weighted by molar-refractivity contribution is 6.00. The number of halogens is 1. The lowest BCUT2D eigenvalue weighted by Gasteiger charge is -2.32. The van der Waals surface area contributed by atoms with Crippen molar-refractivity contribution in [3.05, 3.63) is 12.4 Å². The number of carbonyl (C=O) groups excluding carboxylic acids is 2. The highest BCUT2D eigenvalue weighted by Crippen LogP contribution is 2.31. The van der Waals surface area contributed by atoms with Crippen LogP contribution in [-0.2, 0) is 16.6 Å². The van der Waals surface area contributed by atoms with Crippen LogP contribution in [0.25, 0.3) is 0 Å². The average Bonchev–Trinajstić information content (AvgIpc) is 3.17. The van der Waals surface area contributed by atoms with E-state index in [1.54, 1.807) is 15.8 Å². The highest BCUT2D eigenvalue weighted by atomic mass is 35.5. The van der Waals surface area contributed by atoms with E-state index in [-0.39, 0.29) is 36.1 Å². The maximum absolute atomic E-state index is 12.7. The Morgan fingerprint density at radius 3 is 2.83 bits per heavy atom. The lowest BCUT2D eigenvalue weighted by Crippen LogP contribution is -2.53. The Kier molecular flexibility index (Phi) is 6.23. The first kappa shape index (κ1) is 18.7. The van der Waals surface area contributed by atoms with E-state index in [0.717, 1.165) is 31.4 Å². The fourth-order valence-electron chi connectivity index (χ4n) is 3.76. The first-order valence-electron chi connectivity index (χ1n) is 8.40. The molecule has 0 aromatic carbocycles. The van der Waals surface area contributed by atoms with Gasteiger partial charge in [0, 0.05) is 25.7 Å². The quantitative estimate of drug-likeness (QED) is 0.836. The Bertz CT molecular complexity index is 591. The molecular formula is C16H26ClN5O2. The summed E-state index contributed by atoms with van der Waals surface area (Å²) in [6.07, 6.45) is 8.00. The lowest BCUT2D eigenvalue weighted by molar-refractivity contribution is -0.131. The molecule has 1 aliphatic heterocycles. The third-order valence-corrected chi connectivity index (χ3v) is 5.06. The Labute approximate surface area is 148 Å². The molecule has 0 radical (unpaired) electrons. The zero-order valence-electron chi connectivity index (χ0n) is 14.0. The van der Waals surface area contributed by atoms with Crippen molar-refractivity contribution in [3.63, 3.8) is 0 Å². The summed E-state index contributed by atoms with van der Waals surface area (Å²) < 4.78 is 1.68. The number of amides is 2. The van der Waals surface area contributed by atoms with Crippen molar-refractivity contribution >= 4 is 29.9 Å². The summed E-state index contributed by atoms with van der Waals surface area (Å²) in [7, 11) is 1.82. The minimum absolute atomic E-state index is 0. The van der Waals surface area contributed by atoms with Gasteiger partial charge in [0.25, 0.3) is 0 Å². The molecule has 1 saturated carbocycles. The summed E-state index contributed by atoms with van der Waals surface area (Å²) in [4.78, 5) is 26.9. The molecule has 0 spiro atoms. The molecule has 1 aromatic heterocycles. The van der Waals surface area contributed by atoms with E-state index < -0.39 is 6.04 Å². The molecule has 24 heavy (non-hydrogen) atoms. The third kappa shape index (κ3) is 3.72. The Hall–Kier alpha value is -1.60. The SMILES string of the molecule is Cl.Cn1cc(N2CCCC(NC(=O)[C@@H]3CCC[C@@H]3CN)C2=O)cn1. The fourth-order valence-corrected chi connectivity index (χ4v) is 3.76. The number of aryl methyl sites for hydroxylation is 1. The summed E-state index contributed by atoms with van der Waals surface area (Å²) in [5.74, 6) is 0.161. The number of carbonyl (C=O) groups is 2. The Morgan fingerprint density at radius 2 is 2.17 bits per heavy atom. The number of hydrogen-bond acceptors (Lipinski definition) is 4. The van der Waals surface area contributed by atoms with Gasteiger partial charge in [-0.25, -0.2) is 0 Å². The minimum Gasteiger partial charge on any atom is -0.344 e. The zero-order chi connectivity index (χ0) is 16.4. The number of rotatable bonds is 4. The number of piperidine rings is 1. The molecular weight excluding hydrogens is 330 g/mol. The number of nitrogens with two attached hydrogens (primary N) is 1. The number of anilines is 1. The van der Waals surface area contributed by atoms with Crippen LogP contribution in [0.1, 0.15) is 32.1 Å². The minimum atomic E-state index is -0.435. The van der Waals surface area contributed by atoms with Gasteiger partial charge in [-0.05, 0) is 38.1 Å². The first-order chi connectivity index (χ1) is 11.1. The number of nitrogens with zero attached hydrogens (tertiary/aromatic N) is 3. The predicted octanol–water partition coefficient (Wildman–Crippen LogP) is 0.829. The molecule has 1 saturated heterocycles. The summed E-state index contributed by atoms with van der Waals surface area (Å²) >= 11 is 0. The van der Waals surface area contributed by atoms with Crippen molar-refractivity contribution in [2.24, 2.45) is 24.6 Å². The maximum Gasteiger partial charge on any atom is 0.249 e. The topological polar surface area (TPSA) is 93.2 Å². The number of hydrogen-bond donors (Lipinski definition) is 2. The van der Waals surface area contributed by atoms with Crippen molar-refractivity contribution in [2.75, 3.05) is 18.0 Å². The lowest BCUT2D eigenvalue weighted by atomic mass is 9.94. The molecule has 1 aliphatic carbocycles. The van der Waals surface area contributed by atoms with E-state index in [2.05, 4.69) is 10.4 Å². The molecule has 3 atom stereocenters. The zero-order valence-corrected chi connectivity index (χ0v) is 14.8. The van der Waals surface area contributed by atoms with Crippen molar-refractivity contribution < 1.29 is 9.59 Å². The summed E-state index contributed by atoms with van der Waals surface area (Å²) in [5, 5.41) is 7.09. The van der Waals surface area contributed by atoms with Gasteiger partial charge < -0.3 is 16.0 Å². The molecule has 3 N–H and O–H groups in total. The smallest absolute Gasteiger partial charge is 0.249 e. The molecule has 2 fully saturated rings. The van der Waals surface area contributed by atoms with Crippen LogP contribution in [0.4, 0.5) is 5.69 Å². The van der Waals surface area contributed by atoms with E-state index in [1.807, 2.05) is 13.2 Å². The molecule has 2 heterocycles. The third-order valence-electron chi connectivity index (χ3n) is 5.06. The van der Waals surface area contributed by atoms with Crippen molar-refractivity contribution in [2.45, 2.75) is 38.1 Å². The molecule has 134 valence electrons. The molecule has 3 rings (SSSR count). The van der Waals surface area contributed by atoms with Crippen LogP contribution in [0.3, 0.4) is 0 Å². The predicted molar refractivity (Wildman–Crippen MR) is 93.9 cm³/mol. The van der Waals surface area contributed by atoms with E-state index >= 15 is 0 Å².